The fourth-order valence-electron chi connectivity index (χ4n) is 5.73. The van der Waals surface area contributed by atoms with Gasteiger partial charge in [-0.05, 0) is 42.2 Å². The zero-order valence-corrected chi connectivity index (χ0v) is 25.5. The highest BCUT2D eigenvalue weighted by Crippen LogP contribution is 2.45. The SMILES string of the molecule is Cc1cc(P(=O)(c2ccccc2)c2ccccc2)c(C)cc1-c1ccc(P(=O)(c2ccccc2)c2ccccc2)cc1. The van der Waals surface area contributed by atoms with Gasteiger partial charge >= 0.3 is 0 Å². The molecule has 0 saturated carbocycles. The quantitative estimate of drug-likeness (QED) is 0.186. The van der Waals surface area contributed by atoms with Gasteiger partial charge in [-0.3, -0.25) is 0 Å². The smallest absolute Gasteiger partial charge is 0.171 e. The van der Waals surface area contributed by atoms with Crippen LogP contribution in [0.1, 0.15) is 11.1 Å². The molecule has 0 N–H and O–H groups in total. The van der Waals surface area contributed by atoms with E-state index in [9.17, 15) is 4.57 Å². The van der Waals surface area contributed by atoms with E-state index < -0.39 is 14.3 Å². The molecule has 0 aromatic heterocycles. The van der Waals surface area contributed by atoms with E-state index in [-0.39, 0.29) is 0 Å². The average Bonchev–Trinajstić information content (AvgIpc) is 3.06. The van der Waals surface area contributed by atoms with Crippen molar-refractivity contribution in [3.63, 3.8) is 0 Å². The molecule has 0 amide bonds. The first kappa shape index (κ1) is 27.9. The molecule has 6 aromatic rings. The highest BCUT2D eigenvalue weighted by atomic mass is 31.2. The second kappa shape index (κ2) is 11.6. The van der Waals surface area contributed by atoms with Crippen LogP contribution >= 0.6 is 14.3 Å². The lowest BCUT2D eigenvalue weighted by Gasteiger charge is -2.23. The Bertz CT molecular complexity index is 1830. The summed E-state index contributed by atoms with van der Waals surface area (Å²) < 4.78 is 29.8. The van der Waals surface area contributed by atoms with E-state index in [0.29, 0.717) is 0 Å². The van der Waals surface area contributed by atoms with E-state index in [1.54, 1.807) is 0 Å². The Morgan fingerprint density at radius 1 is 0.381 bits per heavy atom. The van der Waals surface area contributed by atoms with Gasteiger partial charge in [-0.25, -0.2) is 0 Å². The predicted molar refractivity (Wildman–Crippen MR) is 180 cm³/mol. The lowest BCUT2D eigenvalue weighted by molar-refractivity contribution is 0.591. The van der Waals surface area contributed by atoms with E-state index in [1.807, 2.05) is 140 Å². The standard InChI is InChI=1S/C38H32O2P2/c1-29-28-38(42(40,34-19-11-5-12-20-34)35-21-13-6-14-22-35)30(2)27-37(29)31-23-25-36(26-24-31)41(39,32-15-7-3-8-16-32)33-17-9-4-10-18-33/h3-28H,1-2H3. The van der Waals surface area contributed by atoms with Gasteiger partial charge < -0.3 is 9.13 Å². The van der Waals surface area contributed by atoms with Gasteiger partial charge in [0, 0.05) is 31.8 Å². The topological polar surface area (TPSA) is 34.1 Å². The summed E-state index contributed by atoms with van der Waals surface area (Å²) in [5.74, 6) is 0. The molecule has 0 unspecified atom stereocenters. The molecular formula is C38H32O2P2. The maximum Gasteiger partial charge on any atom is 0.171 e. The number of rotatable bonds is 7. The summed E-state index contributed by atoms with van der Waals surface area (Å²) in [6, 6.07) is 51.4. The molecule has 0 radical (unpaired) electrons. The molecule has 0 aliphatic heterocycles. The molecule has 0 saturated heterocycles. The summed E-state index contributed by atoms with van der Waals surface area (Å²) in [6.45, 7) is 4.12. The lowest BCUT2D eigenvalue weighted by Crippen LogP contribution is -2.27. The van der Waals surface area contributed by atoms with Crippen molar-refractivity contribution in [1.82, 2.24) is 0 Å². The summed E-state index contributed by atoms with van der Waals surface area (Å²) in [7, 11) is -6.13. The third kappa shape index (κ3) is 4.92. The average molecular weight is 583 g/mol. The van der Waals surface area contributed by atoms with Crippen LogP contribution in [-0.2, 0) is 9.13 Å². The molecule has 0 aliphatic carbocycles. The Labute approximate surface area is 248 Å². The highest BCUT2D eigenvalue weighted by Gasteiger charge is 2.32. The van der Waals surface area contributed by atoms with Gasteiger partial charge in [0.15, 0.2) is 14.3 Å². The Hall–Kier alpha value is -4.22. The van der Waals surface area contributed by atoms with Gasteiger partial charge in [-0.15, -0.1) is 0 Å². The summed E-state index contributed by atoms with van der Waals surface area (Å²) in [4.78, 5) is 0. The second-order valence-electron chi connectivity index (χ2n) is 10.6. The monoisotopic (exact) mass is 582 g/mol. The minimum absolute atomic E-state index is 0.798. The van der Waals surface area contributed by atoms with Crippen LogP contribution in [0.5, 0.6) is 0 Å². The summed E-state index contributed by atoms with van der Waals surface area (Å²) in [5, 5.41) is 4.94. The molecule has 0 heterocycles. The third-order valence-corrected chi connectivity index (χ3v) is 14.2. The maximum atomic E-state index is 15.0. The van der Waals surface area contributed by atoms with Gasteiger partial charge in [0.25, 0.3) is 0 Å². The van der Waals surface area contributed by atoms with E-state index in [1.165, 1.54) is 0 Å². The highest BCUT2D eigenvalue weighted by molar-refractivity contribution is 7.85. The van der Waals surface area contributed by atoms with Crippen LogP contribution in [0.15, 0.2) is 158 Å². The van der Waals surface area contributed by atoms with Crippen LogP contribution in [-0.4, -0.2) is 0 Å². The van der Waals surface area contributed by atoms with Crippen molar-refractivity contribution in [3.8, 4) is 11.1 Å². The number of hydrogen-bond acceptors (Lipinski definition) is 2. The van der Waals surface area contributed by atoms with Crippen LogP contribution in [0.2, 0.25) is 0 Å². The summed E-state index contributed by atoms with van der Waals surface area (Å²) in [6.07, 6.45) is 0. The normalized spacial score (nSPS) is 11.8. The van der Waals surface area contributed by atoms with E-state index >= 15 is 4.57 Å². The first-order chi connectivity index (χ1) is 20.4. The fourth-order valence-corrected chi connectivity index (χ4v) is 11.4. The van der Waals surface area contributed by atoms with Gasteiger partial charge in [0.05, 0.1) is 0 Å². The third-order valence-electron chi connectivity index (χ3n) is 7.90. The van der Waals surface area contributed by atoms with Crippen LogP contribution in [0.25, 0.3) is 11.1 Å². The van der Waals surface area contributed by atoms with E-state index in [4.69, 9.17) is 0 Å². The molecule has 6 rings (SSSR count). The number of benzene rings is 6. The molecule has 6 aromatic carbocycles. The van der Waals surface area contributed by atoms with E-state index in [0.717, 1.165) is 54.1 Å². The molecule has 0 aliphatic rings. The maximum absolute atomic E-state index is 15.0. The molecule has 0 fully saturated rings. The molecule has 2 nitrogen and oxygen atoms in total. The van der Waals surface area contributed by atoms with Crippen LogP contribution in [0.4, 0.5) is 0 Å². The Morgan fingerprint density at radius 3 is 1.14 bits per heavy atom. The van der Waals surface area contributed by atoms with Crippen LogP contribution in [0, 0.1) is 13.8 Å². The zero-order valence-electron chi connectivity index (χ0n) is 23.7. The van der Waals surface area contributed by atoms with Gasteiger partial charge in [0.2, 0.25) is 0 Å². The molecule has 4 heteroatoms. The second-order valence-corrected chi connectivity index (χ2v) is 16.1. The van der Waals surface area contributed by atoms with E-state index in [2.05, 4.69) is 31.2 Å². The number of hydrogen-bond donors (Lipinski definition) is 0. The van der Waals surface area contributed by atoms with Crippen molar-refractivity contribution < 1.29 is 9.13 Å². The van der Waals surface area contributed by atoms with Crippen molar-refractivity contribution >= 4 is 46.1 Å². The summed E-state index contributed by atoms with van der Waals surface area (Å²) >= 11 is 0. The lowest BCUT2D eigenvalue weighted by atomic mass is 9.98. The van der Waals surface area contributed by atoms with Crippen LogP contribution in [0.3, 0.4) is 0 Å². The first-order valence-electron chi connectivity index (χ1n) is 14.1. The Kier molecular flexibility index (Phi) is 7.70. The molecule has 0 bridgehead atoms. The molecule has 206 valence electrons. The van der Waals surface area contributed by atoms with Crippen molar-refractivity contribution in [2.24, 2.45) is 0 Å². The fraction of sp³-hybridized carbons (Fsp3) is 0.0526. The number of aryl methyl sites for hydroxylation is 2. The van der Waals surface area contributed by atoms with Gasteiger partial charge in [-0.2, -0.15) is 0 Å². The van der Waals surface area contributed by atoms with Crippen molar-refractivity contribution in [3.05, 3.63) is 169 Å². The van der Waals surface area contributed by atoms with Crippen molar-refractivity contribution in [1.29, 1.82) is 0 Å². The summed E-state index contributed by atoms with van der Waals surface area (Å²) in [5.41, 5.74) is 4.14. The predicted octanol–water partition coefficient (Wildman–Crippen LogP) is 7.25. The molecule has 0 atom stereocenters. The molecule has 42 heavy (non-hydrogen) atoms. The Morgan fingerprint density at radius 2 is 0.738 bits per heavy atom. The van der Waals surface area contributed by atoms with Gasteiger partial charge in [0.1, 0.15) is 0 Å². The largest absolute Gasteiger partial charge is 0.309 e. The molecular weight excluding hydrogens is 550 g/mol. The minimum atomic E-state index is -3.09. The van der Waals surface area contributed by atoms with Crippen molar-refractivity contribution in [2.75, 3.05) is 0 Å². The van der Waals surface area contributed by atoms with Gasteiger partial charge in [-0.1, -0.05) is 152 Å². The minimum Gasteiger partial charge on any atom is -0.309 e. The van der Waals surface area contributed by atoms with Crippen molar-refractivity contribution in [2.45, 2.75) is 13.8 Å². The Balaban J connectivity index is 1.44. The first-order valence-corrected chi connectivity index (χ1v) is 17.5. The zero-order chi connectivity index (χ0) is 29.2. The van der Waals surface area contributed by atoms with Crippen LogP contribution < -0.4 is 31.8 Å². The molecule has 0 spiro atoms.